The second-order valence-corrected chi connectivity index (χ2v) is 7.07. The van der Waals surface area contributed by atoms with Crippen molar-refractivity contribution in [3.63, 3.8) is 0 Å². The zero-order chi connectivity index (χ0) is 13.2. The van der Waals surface area contributed by atoms with Crippen LogP contribution >= 0.6 is 0 Å². The van der Waals surface area contributed by atoms with Gasteiger partial charge < -0.3 is 5.32 Å². The third-order valence-corrected chi connectivity index (χ3v) is 5.06. The van der Waals surface area contributed by atoms with Gasteiger partial charge in [0, 0.05) is 12.1 Å². The third-order valence-electron chi connectivity index (χ3n) is 3.22. The van der Waals surface area contributed by atoms with Crippen molar-refractivity contribution in [1.82, 2.24) is 0 Å². The molecule has 0 unspecified atom stereocenters. The lowest BCUT2D eigenvalue weighted by atomic mass is 10.0. The van der Waals surface area contributed by atoms with Gasteiger partial charge in [-0.1, -0.05) is 18.2 Å². The van der Waals surface area contributed by atoms with E-state index >= 15 is 0 Å². The minimum absolute atomic E-state index is 0.0287. The fourth-order valence-corrected chi connectivity index (χ4v) is 4.07. The highest BCUT2D eigenvalue weighted by Crippen LogP contribution is 2.22. The van der Waals surface area contributed by atoms with E-state index in [1.807, 2.05) is 31.2 Å². The molecule has 1 heterocycles. The highest BCUT2D eigenvalue weighted by molar-refractivity contribution is 7.91. The van der Waals surface area contributed by atoms with Crippen LogP contribution < -0.4 is 5.32 Å². The first kappa shape index (κ1) is 13.1. The number of hydrogen-bond acceptors (Lipinski definition) is 3. The van der Waals surface area contributed by atoms with Crippen molar-refractivity contribution in [2.45, 2.75) is 19.8 Å². The summed E-state index contributed by atoms with van der Waals surface area (Å²) in [6.07, 6.45) is 0.886. The van der Waals surface area contributed by atoms with Crippen LogP contribution in [0.3, 0.4) is 0 Å². The molecule has 0 spiro atoms. The van der Waals surface area contributed by atoms with Crippen LogP contribution in [0.15, 0.2) is 24.3 Å². The van der Waals surface area contributed by atoms with Crippen LogP contribution in [0.1, 0.15) is 18.4 Å². The van der Waals surface area contributed by atoms with Crippen LogP contribution in [-0.4, -0.2) is 25.8 Å². The normalized spacial score (nSPS) is 21.7. The number of anilines is 1. The second kappa shape index (κ2) is 5.10. The lowest BCUT2D eigenvalue weighted by molar-refractivity contribution is -0.116. The van der Waals surface area contributed by atoms with Crippen LogP contribution in [0, 0.1) is 12.8 Å². The summed E-state index contributed by atoms with van der Waals surface area (Å²) in [5, 5.41) is 2.83. The van der Waals surface area contributed by atoms with Gasteiger partial charge in [-0.15, -0.1) is 0 Å². The van der Waals surface area contributed by atoms with Gasteiger partial charge in [-0.3, -0.25) is 4.79 Å². The first-order chi connectivity index (χ1) is 8.46. The van der Waals surface area contributed by atoms with Gasteiger partial charge in [-0.25, -0.2) is 8.42 Å². The Balaban J connectivity index is 1.92. The predicted molar refractivity (Wildman–Crippen MR) is 71.2 cm³/mol. The van der Waals surface area contributed by atoms with E-state index in [1.165, 1.54) is 0 Å². The van der Waals surface area contributed by atoms with Gasteiger partial charge in [-0.05, 0) is 30.9 Å². The average Bonchev–Trinajstić information content (AvgIpc) is 2.61. The molecule has 1 amide bonds. The minimum atomic E-state index is -2.90. The molecule has 2 rings (SSSR count). The fourth-order valence-electron chi connectivity index (χ4n) is 2.21. The van der Waals surface area contributed by atoms with Crippen molar-refractivity contribution in [1.29, 1.82) is 0 Å². The number of para-hydroxylation sites is 1. The Morgan fingerprint density at radius 3 is 2.72 bits per heavy atom. The van der Waals surface area contributed by atoms with Crippen molar-refractivity contribution in [2.75, 3.05) is 16.8 Å². The van der Waals surface area contributed by atoms with E-state index in [9.17, 15) is 13.2 Å². The molecular formula is C13H17NO3S. The Kier molecular flexibility index (Phi) is 3.71. The molecule has 4 nitrogen and oxygen atoms in total. The van der Waals surface area contributed by atoms with Gasteiger partial charge in [0.1, 0.15) is 0 Å². The molecule has 1 atom stereocenters. The molecule has 0 bridgehead atoms. The summed E-state index contributed by atoms with van der Waals surface area (Å²) in [5.41, 5.74) is 1.80. The van der Waals surface area contributed by atoms with Crippen molar-refractivity contribution in [2.24, 2.45) is 5.92 Å². The molecule has 0 aliphatic carbocycles. The Bertz CT molecular complexity index is 551. The molecule has 18 heavy (non-hydrogen) atoms. The topological polar surface area (TPSA) is 63.2 Å². The molecule has 98 valence electrons. The number of nitrogens with one attached hydrogen (secondary N) is 1. The summed E-state index contributed by atoms with van der Waals surface area (Å²) in [7, 11) is -2.90. The molecule has 5 heteroatoms. The summed E-state index contributed by atoms with van der Waals surface area (Å²) in [4.78, 5) is 11.8. The Labute approximate surface area is 107 Å². The van der Waals surface area contributed by atoms with E-state index in [1.54, 1.807) is 0 Å². The zero-order valence-corrected chi connectivity index (χ0v) is 11.2. The maximum absolute atomic E-state index is 11.8. The molecule has 1 aromatic rings. The molecule has 0 radical (unpaired) electrons. The molecule has 0 aromatic heterocycles. The fraction of sp³-hybridized carbons (Fsp3) is 0.462. The summed E-state index contributed by atoms with van der Waals surface area (Å²) < 4.78 is 22.6. The Morgan fingerprint density at radius 1 is 1.39 bits per heavy atom. The number of rotatable bonds is 3. The lowest BCUT2D eigenvalue weighted by Crippen LogP contribution is -2.17. The van der Waals surface area contributed by atoms with Crippen LogP contribution in [0.5, 0.6) is 0 Å². The van der Waals surface area contributed by atoms with Gasteiger partial charge in [0.15, 0.2) is 9.84 Å². The van der Waals surface area contributed by atoms with Crippen molar-refractivity contribution < 1.29 is 13.2 Å². The smallest absolute Gasteiger partial charge is 0.224 e. The van der Waals surface area contributed by atoms with E-state index in [0.717, 1.165) is 11.3 Å². The van der Waals surface area contributed by atoms with Gasteiger partial charge in [0.05, 0.1) is 11.5 Å². The first-order valence-electron chi connectivity index (χ1n) is 6.02. The number of carbonyl (C=O) groups is 1. The summed E-state index contributed by atoms with van der Waals surface area (Å²) in [5.74, 6) is 0.231. The van der Waals surface area contributed by atoms with E-state index < -0.39 is 9.84 Å². The zero-order valence-electron chi connectivity index (χ0n) is 10.3. The summed E-state index contributed by atoms with van der Waals surface area (Å²) >= 11 is 0. The number of hydrogen-bond donors (Lipinski definition) is 1. The Hall–Kier alpha value is -1.36. The van der Waals surface area contributed by atoms with Crippen LogP contribution in [0.2, 0.25) is 0 Å². The summed E-state index contributed by atoms with van der Waals surface area (Å²) in [6, 6.07) is 7.55. The highest BCUT2D eigenvalue weighted by Gasteiger charge is 2.29. The van der Waals surface area contributed by atoms with Crippen LogP contribution in [-0.2, 0) is 14.6 Å². The van der Waals surface area contributed by atoms with Gasteiger partial charge in [-0.2, -0.15) is 0 Å². The molecule has 1 aliphatic rings. The standard InChI is InChI=1S/C13H17NO3S/c1-10-4-2-3-5-12(10)14-13(15)8-11-6-7-18(16,17)9-11/h2-5,11H,6-9H2,1H3,(H,14,15)/t11-/m1/s1. The number of carbonyl (C=O) groups excluding carboxylic acids is 1. The molecule has 1 saturated heterocycles. The predicted octanol–water partition coefficient (Wildman–Crippen LogP) is 1.76. The van der Waals surface area contributed by atoms with Gasteiger partial charge >= 0.3 is 0 Å². The van der Waals surface area contributed by atoms with Crippen molar-refractivity contribution >= 4 is 21.4 Å². The molecule has 0 saturated carbocycles. The van der Waals surface area contributed by atoms with E-state index in [4.69, 9.17) is 0 Å². The largest absolute Gasteiger partial charge is 0.326 e. The maximum Gasteiger partial charge on any atom is 0.224 e. The number of aryl methyl sites for hydroxylation is 1. The number of benzene rings is 1. The highest BCUT2D eigenvalue weighted by atomic mass is 32.2. The quantitative estimate of drug-likeness (QED) is 0.907. The van der Waals surface area contributed by atoms with E-state index in [-0.39, 0.29) is 29.8 Å². The molecule has 1 aromatic carbocycles. The van der Waals surface area contributed by atoms with Gasteiger partial charge in [0.2, 0.25) is 5.91 Å². The van der Waals surface area contributed by atoms with Crippen molar-refractivity contribution in [3.05, 3.63) is 29.8 Å². The lowest BCUT2D eigenvalue weighted by Gasteiger charge is -2.10. The third kappa shape index (κ3) is 3.32. The second-order valence-electron chi connectivity index (χ2n) is 4.84. The van der Waals surface area contributed by atoms with E-state index in [0.29, 0.717) is 6.42 Å². The average molecular weight is 267 g/mol. The molecule has 1 fully saturated rings. The first-order valence-corrected chi connectivity index (χ1v) is 7.84. The van der Waals surface area contributed by atoms with Crippen LogP contribution in [0.25, 0.3) is 0 Å². The number of amides is 1. The molecule has 1 aliphatic heterocycles. The Morgan fingerprint density at radius 2 is 2.11 bits per heavy atom. The SMILES string of the molecule is Cc1ccccc1NC(=O)C[C@H]1CCS(=O)(=O)C1. The van der Waals surface area contributed by atoms with Gasteiger partial charge in [0.25, 0.3) is 0 Å². The van der Waals surface area contributed by atoms with Crippen molar-refractivity contribution in [3.8, 4) is 0 Å². The maximum atomic E-state index is 11.8. The number of sulfone groups is 1. The molecule has 1 N–H and O–H groups in total. The molecular weight excluding hydrogens is 250 g/mol. The monoisotopic (exact) mass is 267 g/mol. The summed E-state index contributed by atoms with van der Waals surface area (Å²) in [6.45, 7) is 1.93. The van der Waals surface area contributed by atoms with E-state index in [2.05, 4.69) is 5.32 Å². The van der Waals surface area contributed by atoms with Crippen LogP contribution in [0.4, 0.5) is 5.69 Å². The minimum Gasteiger partial charge on any atom is -0.326 e.